The van der Waals surface area contributed by atoms with E-state index in [1.54, 1.807) is 36.4 Å². The number of anilines is 1. The Kier molecular flexibility index (Phi) is 11.9. The number of azo groups is 1. The van der Waals surface area contributed by atoms with Gasteiger partial charge in [-0.1, -0.05) is 36.4 Å². The maximum atomic E-state index is 11.6. The molecule has 0 saturated heterocycles. The van der Waals surface area contributed by atoms with Gasteiger partial charge in [0.2, 0.25) is 0 Å². The van der Waals surface area contributed by atoms with Crippen LogP contribution in [0.5, 0.6) is 0 Å². The molecule has 0 radical (unpaired) electrons. The Morgan fingerprint density at radius 2 is 1.36 bits per heavy atom. The zero-order chi connectivity index (χ0) is 26.8. The van der Waals surface area contributed by atoms with E-state index in [1.807, 2.05) is 32.0 Å². The van der Waals surface area contributed by atoms with E-state index in [0.717, 1.165) is 16.8 Å². The average molecular weight is 584 g/mol. The molecule has 0 aliphatic carbocycles. The largest absolute Gasteiger partial charge is 1.00 e. The molecule has 0 unspecified atom stereocenters. The summed E-state index contributed by atoms with van der Waals surface area (Å²) in [6, 6.07) is 20.9. The molecule has 0 N–H and O–H groups in total. The second-order valence-electron chi connectivity index (χ2n) is 8.37. The normalized spacial score (nSPS) is 11.7. The molecule has 4 aromatic rings. The Morgan fingerprint density at radius 1 is 0.744 bits per heavy atom. The van der Waals surface area contributed by atoms with Gasteiger partial charge in [0.1, 0.15) is 20.2 Å². The Labute approximate surface area is 272 Å². The number of fused-ring (bicyclic) bond motifs is 1. The van der Waals surface area contributed by atoms with Crippen LogP contribution in [0, 0.1) is 6.92 Å². The number of nitrogens with zero attached hydrogens (tertiary/aromatic N) is 3. The fourth-order valence-electron chi connectivity index (χ4n) is 3.99. The van der Waals surface area contributed by atoms with Gasteiger partial charge < -0.3 is 14.0 Å². The summed E-state index contributed by atoms with van der Waals surface area (Å²) in [7, 11) is -9.12. The van der Waals surface area contributed by atoms with Crippen molar-refractivity contribution in [1.82, 2.24) is 0 Å². The van der Waals surface area contributed by atoms with Crippen molar-refractivity contribution in [3.8, 4) is 0 Å². The Bertz CT molecular complexity index is 1710. The van der Waals surface area contributed by atoms with Gasteiger partial charge in [-0.3, -0.25) is 0 Å². The van der Waals surface area contributed by atoms with Gasteiger partial charge in [-0.15, -0.1) is 5.11 Å². The maximum absolute atomic E-state index is 11.6. The van der Waals surface area contributed by atoms with Crippen molar-refractivity contribution in [2.45, 2.75) is 30.2 Å². The molecule has 13 heteroatoms. The van der Waals surface area contributed by atoms with Crippen molar-refractivity contribution in [1.29, 1.82) is 0 Å². The summed E-state index contributed by atoms with van der Waals surface area (Å²) >= 11 is 0. The Balaban J connectivity index is 0.00000267. The van der Waals surface area contributed by atoms with Gasteiger partial charge >= 0.3 is 59.1 Å². The predicted octanol–water partition coefficient (Wildman–Crippen LogP) is -0.594. The number of benzene rings is 4. The number of aryl methyl sites for hydroxylation is 1. The van der Waals surface area contributed by atoms with Crippen molar-refractivity contribution in [2.24, 2.45) is 10.2 Å². The van der Waals surface area contributed by atoms with Crippen LogP contribution in [0.2, 0.25) is 0 Å². The summed E-state index contributed by atoms with van der Waals surface area (Å²) in [5.74, 6) is 0. The predicted molar refractivity (Wildman–Crippen MR) is 138 cm³/mol. The third-order valence-corrected chi connectivity index (χ3v) is 7.65. The SMILES string of the molecule is CCN(Cc1ccc(S(=O)(=O)[O-])cc1)c1ccc(N=Nc2cccc3c(S(=O)(=O)[O-])cccc23)c(C)c1.[Na+].[Na+]. The van der Waals surface area contributed by atoms with Crippen molar-refractivity contribution < 1.29 is 85.1 Å². The van der Waals surface area contributed by atoms with Crippen LogP contribution < -0.4 is 64.0 Å². The van der Waals surface area contributed by atoms with Gasteiger partial charge in [-0.05, 0) is 67.4 Å². The summed E-state index contributed by atoms with van der Waals surface area (Å²) in [5.41, 5.74) is 3.69. The topological polar surface area (TPSA) is 142 Å². The van der Waals surface area contributed by atoms with E-state index < -0.39 is 20.2 Å². The van der Waals surface area contributed by atoms with Crippen LogP contribution in [0.3, 0.4) is 0 Å². The van der Waals surface area contributed by atoms with Crippen LogP contribution in [-0.4, -0.2) is 32.5 Å². The van der Waals surface area contributed by atoms with E-state index in [-0.39, 0.29) is 68.9 Å². The zero-order valence-electron chi connectivity index (χ0n) is 22.0. The van der Waals surface area contributed by atoms with Gasteiger partial charge in [0.25, 0.3) is 0 Å². The van der Waals surface area contributed by atoms with Gasteiger partial charge in [0.05, 0.1) is 21.2 Å². The summed E-state index contributed by atoms with van der Waals surface area (Å²) in [5, 5.41) is 9.47. The van der Waals surface area contributed by atoms with E-state index >= 15 is 0 Å². The number of rotatable bonds is 8. The Morgan fingerprint density at radius 3 is 1.95 bits per heavy atom. The molecule has 0 bridgehead atoms. The molecule has 0 fully saturated rings. The summed E-state index contributed by atoms with van der Waals surface area (Å²) in [4.78, 5) is 1.53. The number of hydrogen-bond donors (Lipinski definition) is 0. The van der Waals surface area contributed by atoms with Crippen LogP contribution in [-0.2, 0) is 26.8 Å². The average Bonchev–Trinajstić information content (AvgIpc) is 2.85. The molecule has 0 heterocycles. The van der Waals surface area contributed by atoms with Crippen molar-refractivity contribution in [2.75, 3.05) is 11.4 Å². The van der Waals surface area contributed by atoms with Crippen LogP contribution in [0.25, 0.3) is 10.8 Å². The molecule has 0 saturated carbocycles. The zero-order valence-corrected chi connectivity index (χ0v) is 27.7. The second-order valence-corrected chi connectivity index (χ2v) is 11.1. The standard InChI is InChI=1S/C26H25N3O6S2.2Na/c1-3-29(17-19-10-13-21(14-11-19)36(30,31)32)20-12-15-24(18(2)16-20)27-28-25-8-4-7-23-22(25)6-5-9-26(23)37(33,34)35;;/h4-16H,3,17H2,1-2H3,(H,30,31,32)(H,33,34,35);;/q;2*+1/p-2. The molecule has 4 rings (SSSR count). The van der Waals surface area contributed by atoms with Crippen LogP contribution in [0.1, 0.15) is 18.1 Å². The van der Waals surface area contributed by atoms with Gasteiger partial charge in [-0.25, -0.2) is 16.8 Å². The van der Waals surface area contributed by atoms with E-state index in [1.165, 1.54) is 24.3 Å². The van der Waals surface area contributed by atoms with E-state index in [4.69, 9.17) is 0 Å². The molecule has 0 spiro atoms. The molecule has 0 atom stereocenters. The van der Waals surface area contributed by atoms with E-state index in [9.17, 15) is 25.9 Å². The monoisotopic (exact) mass is 583 g/mol. The van der Waals surface area contributed by atoms with Crippen LogP contribution in [0.15, 0.2) is 98.9 Å². The van der Waals surface area contributed by atoms with Gasteiger partial charge in [0, 0.05) is 29.5 Å². The van der Waals surface area contributed by atoms with Crippen molar-refractivity contribution in [3.63, 3.8) is 0 Å². The van der Waals surface area contributed by atoms with Crippen LogP contribution >= 0.6 is 0 Å². The first-order valence-electron chi connectivity index (χ1n) is 11.3. The van der Waals surface area contributed by atoms with Crippen molar-refractivity contribution >= 4 is 48.1 Å². The second kappa shape index (κ2) is 13.8. The first kappa shape index (κ1) is 33.6. The fraction of sp³-hybridized carbons (Fsp3) is 0.154. The third-order valence-electron chi connectivity index (χ3n) is 5.91. The van der Waals surface area contributed by atoms with Gasteiger partial charge in [0.15, 0.2) is 0 Å². The smallest absolute Gasteiger partial charge is 0.744 e. The summed E-state index contributed by atoms with van der Waals surface area (Å²) < 4.78 is 68.3. The molecule has 0 aliphatic rings. The maximum Gasteiger partial charge on any atom is 1.00 e. The van der Waals surface area contributed by atoms with Gasteiger partial charge in [-0.2, -0.15) is 5.11 Å². The molecule has 192 valence electrons. The molecular formula is C26H23N3Na2O6S2. The molecule has 0 aromatic heterocycles. The molecule has 9 nitrogen and oxygen atoms in total. The summed E-state index contributed by atoms with van der Waals surface area (Å²) in [6.07, 6.45) is 0. The summed E-state index contributed by atoms with van der Waals surface area (Å²) in [6.45, 7) is 5.08. The minimum absolute atomic E-state index is 0. The molecular weight excluding hydrogens is 560 g/mol. The first-order valence-corrected chi connectivity index (χ1v) is 14.1. The Hall–Kier alpha value is -1.64. The minimum Gasteiger partial charge on any atom is -0.744 e. The van der Waals surface area contributed by atoms with E-state index in [2.05, 4.69) is 15.1 Å². The first-order chi connectivity index (χ1) is 17.5. The van der Waals surface area contributed by atoms with E-state index in [0.29, 0.717) is 35.2 Å². The molecule has 4 aromatic carbocycles. The minimum atomic E-state index is -4.63. The quantitative estimate of drug-likeness (QED) is 0.153. The molecule has 0 aliphatic heterocycles. The number of hydrogen-bond acceptors (Lipinski definition) is 9. The van der Waals surface area contributed by atoms with Crippen molar-refractivity contribution in [3.05, 3.63) is 90.0 Å². The molecule has 39 heavy (non-hydrogen) atoms. The fourth-order valence-corrected chi connectivity index (χ4v) is 5.16. The third kappa shape index (κ3) is 8.20. The van der Waals surface area contributed by atoms with Crippen LogP contribution in [0.4, 0.5) is 17.1 Å². The molecule has 0 amide bonds.